The van der Waals surface area contributed by atoms with Crippen LogP contribution in [0.25, 0.3) is 0 Å². The Morgan fingerprint density at radius 1 is 1.25 bits per heavy atom. The molecule has 4 rings (SSSR count). The number of aromatic nitrogens is 1. The molecular formula is C27H30FN3O4S. The molecule has 0 aliphatic carbocycles. The number of amides is 2. The number of carbonyl (C=O) groups excluding carboxylic acids is 2. The fourth-order valence-corrected chi connectivity index (χ4v) is 4.96. The van der Waals surface area contributed by atoms with E-state index in [1.165, 1.54) is 23.5 Å². The predicted molar refractivity (Wildman–Crippen MR) is 136 cm³/mol. The maximum Gasteiger partial charge on any atom is 0.270 e. The monoisotopic (exact) mass is 511 g/mol. The van der Waals surface area contributed by atoms with Gasteiger partial charge in [0.05, 0.1) is 12.6 Å². The number of ether oxygens (including phenoxy) is 2. The van der Waals surface area contributed by atoms with Crippen LogP contribution in [0.5, 0.6) is 5.75 Å². The summed E-state index contributed by atoms with van der Waals surface area (Å²) in [4.78, 5) is 31.4. The highest BCUT2D eigenvalue weighted by molar-refractivity contribution is 7.09. The van der Waals surface area contributed by atoms with Gasteiger partial charge in [-0.05, 0) is 47.4 Å². The molecular weight excluding hydrogens is 481 g/mol. The summed E-state index contributed by atoms with van der Waals surface area (Å²) < 4.78 is 25.1. The van der Waals surface area contributed by atoms with E-state index in [0.717, 1.165) is 16.7 Å². The molecule has 1 atom stereocenters. The smallest absolute Gasteiger partial charge is 0.270 e. The van der Waals surface area contributed by atoms with Crippen LogP contribution in [0.2, 0.25) is 0 Å². The molecule has 1 aliphatic heterocycles. The van der Waals surface area contributed by atoms with E-state index in [-0.39, 0.29) is 30.2 Å². The molecule has 2 amide bonds. The third-order valence-corrected chi connectivity index (χ3v) is 6.85. The van der Waals surface area contributed by atoms with Crippen LogP contribution in [0.3, 0.4) is 0 Å². The quantitative estimate of drug-likeness (QED) is 0.432. The molecule has 0 unspecified atom stereocenters. The fourth-order valence-electron chi connectivity index (χ4n) is 4.27. The normalized spacial score (nSPS) is 15.0. The first kappa shape index (κ1) is 25.8. The molecule has 1 N–H and O–H groups in total. The van der Waals surface area contributed by atoms with E-state index < -0.39 is 6.04 Å². The molecule has 0 spiro atoms. The van der Waals surface area contributed by atoms with E-state index >= 15 is 0 Å². The third kappa shape index (κ3) is 5.91. The Labute approximate surface area is 214 Å². The summed E-state index contributed by atoms with van der Waals surface area (Å²) >= 11 is 1.35. The molecule has 3 aromatic rings. The van der Waals surface area contributed by atoms with Gasteiger partial charge in [-0.2, -0.15) is 0 Å². The van der Waals surface area contributed by atoms with E-state index in [4.69, 9.17) is 9.47 Å². The standard InChI is InChI=1S/C27H30FN3O4S/c1-17(2)27(33)31-11-9-18-7-8-21(14-22(18)25(31)19-5-4-6-20(28)13-19)35-15-24-30-23(16-36-24)26(32)29-10-12-34-3/h4-8,13-14,16-17,25H,9-12,15H2,1-3H3,(H,29,32)/t25-/m0/s1. The highest BCUT2D eigenvalue weighted by atomic mass is 32.1. The number of benzene rings is 2. The number of hydrogen-bond donors (Lipinski definition) is 1. The summed E-state index contributed by atoms with van der Waals surface area (Å²) in [5, 5.41) is 5.11. The SMILES string of the molecule is COCCNC(=O)c1csc(COc2ccc3c(c2)[C@H](c2cccc(F)c2)N(C(=O)C(C)C)CC3)n1. The number of nitrogens with one attached hydrogen (secondary N) is 1. The van der Waals surface area contributed by atoms with Crippen LogP contribution in [0.15, 0.2) is 47.8 Å². The molecule has 7 nitrogen and oxygen atoms in total. The number of hydrogen-bond acceptors (Lipinski definition) is 6. The second-order valence-corrected chi connectivity index (χ2v) is 9.86. The Morgan fingerprint density at radius 3 is 2.83 bits per heavy atom. The van der Waals surface area contributed by atoms with Crippen molar-refractivity contribution < 1.29 is 23.5 Å². The van der Waals surface area contributed by atoms with Gasteiger partial charge in [0.2, 0.25) is 5.91 Å². The van der Waals surface area contributed by atoms with Crippen molar-refractivity contribution >= 4 is 23.2 Å². The topological polar surface area (TPSA) is 80.8 Å². The van der Waals surface area contributed by atoms with Crippen molar-refractivity contribution in [2.45, 2.75) is 32.9 Å². The number of fused-ring (bicyclic) bond motifs is 1. The van der Waals surface area contributed by atoms with E-state index in [1.807, 2.05) is 43.0 Å². The average Bonchev–Trinajstić information content (AvgIpc) is 3.35. The number of carbonyl (C=O) groups is 2. The van der Waals surface area contributed by atoms with Crippen LogP contribution in [0.1, 0.15) is 52.1 Å². The lowest BCUT2D eigenvalue weighted by Gasteiger charge is -2.39. The zero-order chi connectivity index (χ0) is 25.7. The summed E-state index contributed by atoms with van der Waals surface area (Å²) in [6.45, 7) is 5.37. The summed E-state index contributed by atoms with van der Waals surface area (Å²) in [7, 11) is 1.57. The lowest BCUT2D eigenvalue weighted by molar-refractivity contribution is -0.136. The zero-order valence-corrected chi connectivity index (χ0v) is 21.4. The van der Waals surface area contributed by atoms with Gasteiger partial charge in [0, 0.05) is 31.5 Å². The second kappa shape index (κ2) is 11.6. The molecule has 1 aliphatic rings. The third-order valence-electron chi connectivity index (χ3n) is 6.03. The molecule has 2 heterocycles. The first-order chi connectivity index (χ1) is 17.4. The molecule has 1 aromatic heterocycles. The van der Waals surface area contributed by atoms with Crippen molar-refractivity contribution in [2.24, 2.45) is 5.92 Å². The van der Waals surface area contributed by atoms with Crippen LogP contribution in [0.4, 0.5) is 4.39 Å². The maximum atomic E-state index is 14.1. The van der Waals surface area contributed by atoms with E-state index in [9.17, 15) is 14.0 Å². The fraction of sp³-hybridized carbons (Fsp3) is 0.370. The Kier molecular flexibility index (Phi) is 8.32. The Bertz CT molecular complexity index is 1230. The first-order valence-electron chi connectivity index (χ1n) is 11.9. The largest absolute Gasteiger partial charge is 0.486 e. The molecule has 0 saturated heterocycles. The van der Waals surface area contributed by atoms with Crippen LogP contribution in [-0.2, 0) is 22.6 Å². The highest BCUT2D eigenvalue weighted by Crippen LogP contribution is 2.38. The van der Waals surface area contributed by atoms with Crippen LogP contribution >= 0.6 is 11.3 Å². The van der Waals surface area contributed by atoms with Crippen LogP contribution in [0, 0.1) is 11.7 Å². The minimum Gasteiger partial charge on any atom is -0.486 e. The van der Waals surface area contributed by atoms with Crippen molar-refractivity contribution in [1.82, 2.24) is 15.2 Å². The number of methoxy groups -OCH3 is 1. The molecule has 2 aromatic carbocycles. The van der Waals surface area contributed by atoms with Gasteiger partial charge < -0.3 is 19.7 Å². The summed E-state index contributed by atoms with van der Waals surface area (Å²) in [5.74, 6) is -0.116. The van der Waals surface area contributed by atoms with Gasteiger partial charge in [-0.3, -0.25) is 9.59 Å². The molecule has 0 radical (unpaired) electrons. The molecule has 0 bridgehead atoms. The van der Waals surface area contributed by atoms with E-state index in [1.54, 1.807) is 18.6 Å². The predicted octanol–water partition coefficient (Wildman–Crippen LogP) is 4.37. The molecule has 0 fully saturated rings. The summed E-state index contributed by atoms with van der Waals surface area (Å²) in [5.41, 5.74) is 3.10. The van der Waals surface area contributed by atoms with Gasteiger partial charge in [-0.15, -0.1) is 11.3 Å². The van der Waals surface area contributed by atoms with Crippen molar-refractivity contribution in [3.05, 3.63) is 81.1 Å². The average molecular weight is 512 g/mol. The van der Waals surface area contributed by atoms with Gasteiger partial charge in [0.1, 0.15) is 28.9 Å². The number of rotatable bonds is 9. The van der Waals surface area contributed by atoms with Crippen molar-refractivity contribution in [1.29, 1.82) is 0 Å². The van der Waals surface area contributed by atoms with Crippen LogP contribution < -0.4 is 10.1 Å². The summed E-state index contributed by atoms with van der Waals surface area (Å²) in [6.07, 6.45) is 0.716. The lowest BCUT2D eigenvalue weighted by atomic mass is 9.87. The minimum absolute atomic E-state index is 0.0281. The van der Waals surface area contributed by atoms with Gasteiger partial charge in [0.15, 0.2) is 0 Å². The van der Waals surface area contributed by atoms with E-state index in [0.29, 0.717) is 42.6 Å². The highest BCUT2D eigenvalue weighted by Gasteiger charge is 2.33. The molecule has 0 saturated carbocycles. The van der Waals surface area contributed by atoms with Gasteiger partial charge >= 0.3 is 0 Å². The maximum absolute atomic E-state index is 14.1. The van der Waals surface area contributed by atoms with Gasteiger partial charge in [-0.25, -0.2) is 9.37 Å². The molecule has 190 valence electrons. The van der Waals surface area contributed by atoms with Crippen LogP contribution in [-0.4, -0.2) is 48.5 Å². The Hall–Kier alpha value is -3.30. The van der Waals surface area contributed by atoms with E-state index in [2.05, 4.69) is 10.3 Å². The van der Waals surface area contributed by atoms with Crippen molar-refractivity contribution in [2.75, 3.05) is 26.8 Å². The lowest BCUT2D eigenvalue weighted by Crippen LogP contribution is -2.42. The second-order valence-electron chi connectivity index (χ2n) is 8.92. The minimum atomic E-state index is -0.398. The summed E-state index contributed by atoms with van der Waals surface area (Å²) in [6, 6.07) is 11.8. The Morgan fingerprint density at radius 2 is 2.08 bits per heavy atom. The van der Waals surface area contributed by atoms with Gasteiger partial charge in [-0.1, -0.05) is 32.0 Å². The van der Waals surface area contributed by atoms with Crippen molar-refractivity contribution in [3.8, 4) is 5.75 Å². The van der Waals surface area contributed by atoms with Gasteiger partial charge in [0.25, 0.3) is 5.91 Å². The van der Waals surface area contributed by atoms with Crippen molar-refractivity contribution in [3.63, 3.8) is 0 Å². The Balaban J connectivity index is 1.55. The number of thiazole rings is 1. The molecule has 36 heavy (non-hydrogen) atoms. The first-order valence-corrected chi connectivity index (χ1v) is 12.8. The number of halogens is 1. The zero-order valence-electron chi connectivity index (χ0n) is 20.6. The number of nitrogens with zero attached hydrogens (tertiary/aromatic N) is 2. The molecule has 9 heteroatoms.